The number of para-hydroxylation sites is 1. The van der Waals surface area contributed by atoms with Crippen molar-refractivity contribution in [2.75, 3.05) is 11.4 Å². The number of phenols is 1. The third-order valence-electron chi connectivity index (χ3n) is 3.75. The number of hydrogen-bond acceptors (Lipinski definition) is 2. The Labute approximate surface area is 129 Å². The van der Waals surface area contributed by atoms with Gasteiger partial charge < -0.3 is 10.0 Å². The van der Waals surface area contributed by atoms with Crippen molar-refractivity contribution in [3.63, 3.8) is 0 Å². The van der Waals surface area contributed by atoms with Gasteiger partial charge in [0.15, 0.2) is 0 Å². The molecule has 0 spiro atoms. The van der Waals surface area contributed by atoms with Crippen LogP contribution in [0.3, 0.4) is 0 Å². The van der Waals surface area contributed by atoms with E-state index in [4.69, 9.17) is 0 Å². The fourth-order valence-electron chi connectivity index (χ4n) is 2.67. The summed E-state index contributed by atoms with van der Waals surface area (Å²) in [4.78, 5) is 14.5. The molecule has 0 aliphatic heterocycles. The minimum absolute atomic E-state index is 0.00573. The van der Waals surface area contributed by atoms with Crippen LogP contribution in [0.15, 0.2) is 66.7 Å². The summed E-state index contributed by atoms with van der Waals surface area (Å²) < 4.78 is 0. The van der Waals surface area contributed by atoms with Crippen LogP contribution < -0.4 is 4.90 Å². The smallest absolute Gasteiger partial charge is 0.262 e. The maximum Gasteiger partial charge on any atom is 0.262 e. The Morgan fingerprint density at radius 3 is 2.41 bits per heavy atom. The van der Waals surface area contributed by atoms with E-state index >= 15 is 0 Å². The van der Waals surface area contributed by atoms with E-state index in [2.05, 4.69) is 0 Å². The molecule has 0 bridgehead atoms. The van der Waals surface area contributed by atoms with Gasteiger partial charge in [-0.15, -0.1) is 0 Å². The number of hydrogen-bond donors (Lipinski definition) is 1. The molecule has 0 aliphatic carbocycles. The highest BCUT2D eigenvalue weighted by Gasteiger charge is 2.20. The second kappa shape index (κ2) is 5.90. The van der Waals surface area contributed by atoms with Crippen molar-refractivity contribution in [1.82, 2.24) is 0 Å². The molecule has 0 atom stereocenters. The van der Waals surface area contributed by atoms with Gasteiger partial charge in [0.05, 0.1) is 11.3 Å². The molecule has 0 aromatic heterocycles. The van der Waals surface area contributed by atoms with Crippen LogP contribution in [-0.4, -0.2) is 17.6 Å². The van der Waals surface area contributed by atoms with E-state index < -0.39 is 0 Å². The van der Waals surface area contributed by atoms with Gasteiger partial charge in [0.25, 0.3) is 5.91 Å². The largest absolute Gasteiger partial charge is 0.507 e. The lowest BCUT2D eigenvalue weighted by Crippen LogP contribution is -2.30. The van der Waals surface area contributed by atoms with Gasteiger partial charge in [0.2, 0.25) is 0 Å². The topological polar surface area (TPSA) is 40.5 Å². The summed E-state index contributed by atoms with van der Waals surface area (Å²) in [5.74, 6) is -0.192. The van der Waals surface area contributed by atoms with E-state index in [1.165, 1.54) is 6.07 Å². The van der Waals surface area contributed by atoms with Crippen molar-refractivity contribution in [1.29, 1.82) is 0 Å². The van der Waals surface area contributed by atoms with Crippen molar-refractivity contribution < 1.29 is 9.90 Å². The first-order chi connectivity index (χ1) is 10.7. The first-order valence-corrected chi connectivity index (χ1v) is 7.30. The summed E-state index contributed by atoms with van der Waals surface area (Å²) in [6.45, 7) is 2.46. The number of rotatable bonds is 3. The van der Waals surface area contributed by atoms with Crippen molar-refractivity contribution >= 4 is 22.4 Å². The molecule has 0 radical (unpaired) electrons. The van der Waals surface area contributed by atoms with E-state index in [1.54, 1.807) is 23.1 Å². The average molecular weight is 291 g/mol. The zero-order chi connectivity index (χ0) is 15.5. The fraction of sp³-hybridized carbons (Fsp3) is 0.105. The SMILES string of the molecule is CCN(C(=O)c1ccccc1O)c1cccc2ccccc12. The Bertz CT molecular complexity index is 821. The Morgan fingerprint density at radius 1 is 0.955 bits per heavy atom. The number of phenolic OH excluding ortho intramolecular Hbond substituents is 1. The van der Waals surface area contributed by atoms with E-state index in [-0.39, 0.29) is 11.7 Å². The number of anilines is 1. The van der Waals surface area contributed by atoms with Gasteiger partial charge in [0, 0.05) is 11.9 Å². The van der Waals surface area contributed by atoms with Crippen molar-refractivity contribution in [2.45, 2.75) is 6.92 Å². The zero-order valence-corrected chi connectivity index (χ0v) is 12.4. The molecular weight excluding hydrogens is 274 g/mol. The number of amides is 1. The van der Waals surface area contributed by atoms with Crippen LogP contribution in [0.2, 0.25) is 0 Å². The third-order valence-corrected chi connectivity index (χ3v) is 3.75. The Kier molecular flexibility index (Phi) is 3.79. The molecule has 3 aromatic rings. The fourth-order valence-corrected chi connectivity index (χ4v) is 2.67. The maximum atomic E-state index is 12.8. The molecular formula is C19H17NO2. The second-order valence-electron chi connectivity index (χ2n) is 5.06. The summed E-state index contributed by atoms with van der Waals surface area (Å²) in [7, 11) is 0. The number of benzene rings is 3. The molecule has 1 N–H and O–H groups in total. The molecule has 0 saturated heterocycles. The number of fused-ring (bicyclic) bond motifs is 1. The summed E-state index contributed by atoms with van der Waals surface area (Å²) >= 11 is 0. The lowest BCUT2D eigenvalue weighted by molar-refractivity contribution is 0.0986. The van der Waals surface area contributed by atoms with Crippen molar-refractivity contribution in [2.24, 2.45) is 0 Å². The van der Waals surface area contributed by atoms with E-state index in [1.807, 2.05) is 49.4 Å². The van der Waals surface area contributed by atoms with Crippen LogP contribution in [-0.2, 0) is 0 Å². The highest BCUT2D eigenvalue weighted by Crippen LogP contribution is 2.29. The monoisotopic (exact) mass is 291 g/mol. The van der Waals surface area contributed by atoms with Crippen LogP contribution in [0.5, 0.6) is 5.75 Å². The van der Waals surface area contributed by atoms with Crippen molar-refractivity contribution in [3.8, 4) is 5.75 Å². The zero-order valence-electron chi connectivity index (χ0n) is 12.4. The third kappa shape index (κ3) is 2.42. The maximum absolute atomic E-state index is 12.8. The molecule has 3 nitrogen and oxygen atoms in total. The molecule has 3 rings (SSSR count). The highest BCUT2D eigenvalue weighted by molar-refractivity contribution is 6.11. The van der Waals surface area contributed by atoms with Crippen LogP contribution in [0.1, 0.15) is 17.3 Å². The van der Waals surface area contributed by atoms with Crippen LogP contribution in [0.25, 0.3) is 10.8 Å². The first-order valence-electron chi connectivity index (χ1n) is 7.30. The first kappa shape index (κ1) is 14.1. The Hall–Kier alpha value is -2.81. The van der Waals surface area contributed by atoms with Gasteiger partial charge in [-0.05, 0) is 30.5 Å². The lowest BCUT2D eigenvalue weighted by atomic mass is 10.1. The number of carbonyl (C=O) groups is 1. The van der Waals surface area contributed by atoms with Gasteiger partial charge in [-0.3, -0.25) is 4.79 Å². The molecule has 110 valence electrons. The van der Waals surface area contributed by atoms with Gasteiger partial charge in [-0.25, -0.2) is 0 Å². The predicted octanol–water partition coefficient (Wildman–Crippen LogP) is 4.21. The normalized spacial score (nSPS) is 10.6. The minimum Gasteiger partial charge on any atom is -0.507 e. The number of aromatic hydroxyl groups is 1. The van der Waals surface area contributed by atoms with Crippen LogP contribution >= 0.6 is 0 Å². The molecule has 3 aromatic carbocycles. The van der Waals surface area contributed by atoms with E-state index in [0.29, 0.717) is 12.1 Å². The molecule has 0 saturated carbocycles. The molecule has 0 unspecified atom stereocenters. The summed E-state index contributed by atoms with van der Waals surface area (Å²) in [5, 5.41) is 12.0. The molecule has 0 aliphatic rings. The summed E-state index contributed by atoms with van der Waals surface area (Å²) in [6.07, 6.45) is 0. The number of carbonyl (C=O) groups excluding carboxylic acids is 1. The Morgan fingerprint density at radius 2 is 1.64 bits per heavy atom. The van der Waals surface area contributed by atoms with Crippen LogP contribution in [0.4, 0.5) is 5.69 Å². The lowest BCUT2D eigenvalue weighted by Gasteiger charge is -2.23. The molecule has 0 heterocycles. The van der Waals surface area contributed by atoms with Gasteiger partial charge in [0.1, 0.15) is 5.75 Å². The van der Waals surface area contributed by atoms with Gasteiger partial charge >= 0.3 is 0 Å². The second-order valence-corrected chi connectivity index (χ2v) is 5.06. The quantitative estimate of drug-likeness (QED) is 0.785. The van der Waals surface area contributed by atoms with E-state index in [0.717, 1.165) is 16.5 Å². The highest BCUT2D eigenvalue weighted by atomic mass is 16.3. The van der Waals surface area contributed by atoms with E-state index in [9.17, 15) is 9.90 Å². The summed E-state index contributed by atoms with van der Waals surface area (Å²) in [6, 6.07) is 20.5. The van der Waals surface area contributed by atoms with Gasteiger partial charge in [-0.2, -0.15) is 0 Å². The molecule has 3 heteroatoms. The number of nitrogens with zero attached hydrogens (tertiary/aromatic N) is 1. The minimum atomic E-state index is -0.197. The van der Waals surface area contributed by atoms with Crippen LogP contribution in [0, 0.1) is 0 Å². The predicted molar refractivity (Wildman–Crippen MR) is 89.4 cm³/mol. The summed E-state index contributed by atoms with van der Waals surface area (Å²) in [5.41, 5.74) is 1.17. The average Bonchev–Trinajstić information content (AvgIpc) is 2.56. The molecule has 22 heavy (non-hydrogen) atoms. The molecule has 0 fully saturated rings. The van der Waals surface area contributed by atoms with Crippen molar-refractivity contribution in [3.05, 3.63) is 72.3 Å². The van der Waals surface area contributed by atoms with Gasteiger partial charge in [-0.1, -0.05) is 48.5 Å². The Balaban J connectivity index is 2.11. The molecule has 1 amide bonds. The standard InChI is InChI=1S/C19H17NO2/c1-2-20(19(22)16-11-5-6-13-18(16)21)17-12-7-9-14-8-3-4-10-15(14)17/h3-13,21H,2H2,1H3.